The third-order valence-electron chi connectivity index (χ3n) is 2.22. The molecular weight excluding hydrogens is 176 g/mol. The van der Waals surface area contributed by atoms with E-state index in [2.05, 4.69) is 10.2 Å². The molecule has 0 aliphatic carbocycles. The summed E-state index contributed by atoms with van der Waals surface area (Å²) in [5.41, 5.74) is 1.01. The number of nitrogens with one attached hydrogen (secondary N) is 1. The van der Waals surface area contributed by atoms with Crippen molar-refractivity contribution in [3.63, 3.8) is 0 Å². The molecule has 0 bridgehead atoms. The number of hydrogen-bond acceptors (Lipinski definition) is 3. The molecule has 5 heteroatoms. The lowest BCUT2D eigenvalue weighted by atomic mass is 10.0. The average molecular weight is 186 g/mol. The van der Waals surface area contributed by atoms with Gasteiger partial charge in [-0.15, -0.1) is 0 Å². The quantitative estimate of drug-likeness (QED) is 0.686. The Morgan fingerprint density at radius 1 is 1.58 bits per heavy atom. The molecule has 0 spiro atoms. The monoisotopic (exact) mass is 186 g/mol. The minimum absolute atomic E-state index is 0.161. The Bertz CT molecular complexity index is 355. The van der Waals surface area contributed by atoms with Gasteiger partial charge >= 0.3 is 0 Å². The van der Waals surface area contributed by atoms with Crippen LogP contribution >= 0.6 is 0 Å². The van der Waals surface area contributed by atoms with Crippen LogP contribution in [-0.2, 0) is 9.84 Å². The van der Waals surface area contributed by atoms with Crippen LogP contribution in [0.5, 0.6) is 0 Å². The zero-order chi connectivity index (χ0) is 8.60. The van der Waals surface area contributed by atoms with Gasteiger partial charge in [0.15, 0.2) is 9.84 Å². The van der Waals surface area contributed by atoms with Crippen LogP contribution in [0.25, 0.3) is 0 Å². The van der Waals surface area contributed by atoms with Crippen molar-refractivity contribution in [3.8, 4) is 0 Å². The van der Waals surface area contributed by atoms with Crippen molar-refractivity contribution in [1.82, 2.24) is 10.2 Å². The summed E-state index contributed by atoms with van der Waals surface area (Å²) in [7, 11) is -2.76. The number of hydrogen-bond donors (Lipinski definition) is 1. The number of aromatic amines is 1. The summed E-state index contributed by atoms with van der Waals surface area (Å²) in [6, 6.07) is 0. The predicted octanol–water partition coefficient (Wildman–Crippen LogP) is 0.312. The molecule has 1 aromatic heterocycles. The summed E-state index contributed by atoms with van der Waals surface area (Å²) < 4.78 is 22.2. The van der Waals surface area contributed by atoms with Crippen molar-refractivity contribution in [2.24, 2.45) is 0 Å². The maximum absolute atomic E-state index is 11.1. The van der Waals surface area contributed by atoms with Crippen LogP contribution in [0, 0.1) is 0 Å². The van der Waals surface area contributed by atoms with Crippen LogP contribution in [-0.4, -0.2) is 30.1 Å². The molecule has 1 N–H and O–H groups in total. The highest BCUT2D eigenvalue weighted by atomic mass is 32.2. The summed E-state index contributed by atoms with van der Waals surface area (Å²) in [5, 5.41) is 6.48. The molecule has 1 aliphatic heterocycles. The van der Waals surface area contributed by atoms with Gasteiger partial charge in [0.05, 0.1) is 17.7 Å². The van der Waals surface area contributed by atoms with Gasteiger partial charge in [0.25, 0.3) is 0 Å². The molecule has 12 heavy (non-hydrogen) atoms. The Morgan fingerprint density at radius 2 is 2.42 bits per heavy atom. The number of nitrogens with zero attached hydrogens (tertiary/aromatic N) is 1. The molecule has 0 aromatic carbocycles. The van der Waals surface area contributed by atoms with Gasteiger partial charge < -0.3 is 0 Å². The maximum atomic E-state index is 11.1. The van der Waals surface area contributed by atoms with Crippen LogP contribution in [0.1, 0.15) is 17.9 Å². The SMILES string of the molecule is O=S1(=O)CCC(c2cn[nH]c2)C1. The van der Waals surface area contributed by atoms with E-state index in [9.17, 15) is 8.42 Å². The van der Waals surface area contributed by atoms with Crippen molar-refractivity contribution in [2.45, 2.75) is 12.3 Å². The van der Waals surface area contributed by atoms with Crippen molar-refractivity contribution in [2.75, 3.05) is 11.5 Å². The molecule has 66 valence electrons. The molecule has 1 saturated heterocycles. The first-order chi connectivity index (χ1) is 5.67. The summed E-state index contributed by atoms with van der Waals surface area (Å²) in [5.74, 6) is 0.767. The molecule has 0 saturated carbocycles. The lowest BCUT2D eigenvalue weighted by Crippen LogP contribution is -2.02. The molecular formula is C7H10N2O2S. The van der Waals surface area contributed by atoms with Gasteiger partial charge in [0.2, 0.25) is 0 Å². The molecule has 1 aromatic rings. The lowest BCUT2D eigenvalue weighted by molar-refractivity contribution is 0.601. The normalized spacial score (nSPS) is 27.5. The third-order valence-corrected chi connectivity index (χ3v) is 3.99. The Hall–Kier alpha value is -0.840. The number of sulfone groups is 1. The standard InChI is InChI=1S/C7H10N2O2S/c10-12(11)2-1-6(5-12)7-3-8-9-4-7/h3-4,6H,1-2,5H2,(H,8,9). The number of aromatic nitrogens is 2. The molecule has 1 unspecified atom stereocenters. The Balaban J connectivity index is 2.21. The van der Waals surface area contributed by atoms with Gasteiger partial charge in [-0.2, -0.15) is 5.10 Å². The highest BCUT2D eigenvalue weighted by Gasteiger charge is 2.29. The second-order valence-electron chi connectivity index (χ2n) is 3.13. The van der Waals surface area contributed by atoms with E-state index < -0.39 is 9.84 Å². The summed E-state index contributed by atoms with van der Waals surface area (Å²) in [6.07, 6.45) is 4.21. The molecule has 0 amide bonds. The van der Waals surface area contributed by atoms with Crippen molar-refractivity contribution in [3.05, 3.63) is 18.0 Å². The number of rotatable bonds is 1. The highest BCUT2D eigenvalue weighted by molar-refractivity contribution is 7.91. The van der Waals surface area contributed by atoms with Crippen LogP contribution in [0.15, 0.2) is 12.4 Å². The van der Waals surface area contributed by atoms with E-state index in [0.29, 0.717) is 5.75 Å². The first kappa shape index (κ1) is 7.79. The van der Waals surface area contributed by atoms with E-state index >= 15 is 0 Å². The van der Waals surface area contributed by atoms with Crippen molar-refractivity contribution < 1.29 is 8.42 Å². The van der Waals surface area contributed by atoms with Crippen molar-refractivity contribution in [1.29, 1.82) is 0 Å². The van der Waals surface area contributed by atoms with E-state index in [1.54, 1.807) is 12.4 Å². The molecule has 2 heterocycles. The molecule has 1 fully saturated rings. The summed E-state index contributed by atoms with van der Waals surface area (Å²) in [4.78, 5) is 0. The molecule has 1 aliphatic rings. The van der Waals surface area contributed by atoms with Crippen LogP contribution in [0.4, 0.5) is 0 Å². The van der Waals surface area contributed by atoms with Gasteiger partial charge in [-0.05, 0) is 12.0 Å². The van der Waals surface area contributed by atoms with Gasteiger partial charge in [-0.25, -0.2) is 8.42 Å². The van der Waals surface area contributed by atoms with Crippen molar-refractivity contribution >= 4 is 9.84 Å². The zero-order valence-corrected chi connectivity index (χ0v) is 7.34. The predicted molar refractivity (Wildman–Crippen MR) is 44.6 cm³/mol. The molecule has 1 atom stereocenters. The largest absolute Gasteiger partial charge is 0.285 e. The summed E-state index contributed by atoms with van der Waals surface area (Å²) in [6.45, 7) is 0. The third kappa shape index (κ3) is 1.36. The smallest absolute Gasteiger partial charge is 0.150 e. The second-order valence-corrected chi connectivity index (χ2v) is 5.36. The summed E-state index contributed by atoms with van der Waals surface area (Å²) >= 11 is 0. The van der Waals surface area contributed by atoms with E-state index in [1.165, 1.54) is 0 Å². The minimum atomic E-state index is -2.76. The van der Waals surface area contributed by atoms with Gasteiger partial charge in [0, 0.05) is 12.1 Å². The minimum Gasteiger partial charge on any atom is -0.285 e. The maximum Gasteiger partial charge on any atom is 0.150 e. The topological polar surface area (TPSA) is 62.8 Å². The van der Waals surface area contributed by atoms with E-state index in [0.717, 1.165) is 12.0 Å². The highest BCUT2D eigenvalue weighted by Crippen LogP contribution is 2.27. The molecule has 2 rings (SSSR count). The van der Waals surface area contributed by atoms with Crippen LogP contribution in [0.3, 0.4) is 0 Å². The zero-order valence-electron chi connectivity index (χ0n) is 6.53. The fourth-order valence-corrected chi connectivity index (χ4v) is 3.32. The Morgan fingerprint density at radius 3 is 2.92 bits per heavy atom. The second kappa shape index (κ2) is 2.58. The van der Waals surface area contributed by atoms with Gasteiger partial charge in [0.1, 0.15) is 0 Å². The average Bonchev–Trinajstić information content (AvgIpc) is 2.55. The van der Waals surface area contributed by atoms with Crippen LogP contribution < -0.4 is 0 Å². The van der Waals surface area contributed by atoms with E-state index in [4.69, 9.17) is 0 Å². The van der Waals surface area contributed by atoms with Gasteiger partial charge in [-0.3, -0.25) is 5.10 Å². The Kier molecular flexibility index (Phi) is 1.68. The van der Waals surface area contributed by atoms with Crippen LogP contribution in [0.2, 0.25) is 0 Å². The first-order valence-electron chi connectivity index (χ1n) is 3.86. The van der Waals surface area contributed by atoms with E-state index in [-0.39, 0.29) is 11.7 Å². The van der Waals surface area contributed by atoms with Gasteiger partial charge in [-0.1, -0.05) is 0 Å². The molecule has 4 nitrogen and oxygen atoms in total. The lowest BCUT2D eigenvalue weighted by Gasteiger charge is -2.00. The van der Waals surface area contributed by atoms with E-state index in [1.807, 2.05) is 0 Å². The Labute approximate surface area is 70.9 Å². The fourth-order valence-electron chi connectivity index (χ4n) is 1.54. The first-order valence-corrected chi connectivity index (χ1v) is 5.69. The number of H-pyrrole nitrogens is 1. The fraction of sp³-hybridized carbons (Fsp3) is 0.571. The molecule has 0 radical (unpaired) electrons.